The van der Waals surface area contributed by atoms with Gasteiger partial charge in [0.2, 0.25) is 0 Å². The molecule has 5 nitrogen and oxygen atoms in total. The molecule has 20 heavy (non-hydrogen) atoms. The van der Waals surface area contributed by atoms with Crippen LogP contribution in [-0.2, 0) is 13.0 Å². The van der Waals surface area contributed by atoms with E-state index >= 15 is 0 Å². The third-order valence-electron chi connectivity index (χ3n) is 3.40. The van der Waals surface area contributed by atoms with Crippen LogP contribution in [0, 0.1) is 0 Å². The van der Waals surface area contributed by atoms with Gasteiger partial charge in [-0.3, -0.25) is 4.79 Å². The van der Waals surface area contributed by atoms with Crippen LogP contribution >= 0.6 is 0 Å². The smallest absolute Gasteiger partial charge is 0.257 e. The minimum Gasteiger partial charge on any atom is -0.493 e. The number of carbonyl (C=O) groups excluding carboxylic acids is 1. The van der Waals surface area contributed by atoms with Crippen LogP contribution in [0.2, 0.25) is 0 Å². The van der Waals surface area contributed by atoms with E-state index < -0.39 is 0 Å². The molecular weight excluding hydrogens is 256 g/mol. The summed E-state index contributed by atoms with van der Waals surface area (Å²) < 4.78 is 10.7. The molecule has 0 bridgehead atoms. The van der Waals surface area contributed by atoms with Crippen LogP contribution in [0.4, 0.5) is 0 Å². The van der Waals surface area contributed by atoms with Crippen molar-refractivity contribution in [3.8, 4) is 5.75 Å². The van der Waals surface area contributed by atoms with E-state index in [0.717, 1.165) is 11.3 Å². The van der Waals surface area contributed by atoms with Crippen LogP contribution in [0.15, 0.2) is 35.0 Å². The first-order chi connectivity index (χ1) is 9.79. The second kappa shape index (κ2) is 5.36. The van der Waals surface area contributed by atoms with Gasteiger partial charge in [-0.1, -0.05) is 17.3 Å². The zero-order valence-electron chi connectivity index (χ0n) is 11.3. The van der Waals surface area contributed by atoms with Gasteiger partial charge in [-0.2, -0.15) is 0 Å². The molecule has 0 saturated heterocycles. The summed E-state index contributed by atoms with van der Waals surface area (Å²) in [7, 11) is 0. The average molecular weight is 272 g/mol. The van der Waals surface area contributed by atoms with E-state index in [1.54, 1.807) is 17.2 Å². The van der Waals surface area contributed by atoms with Crippen molar-refractivity contribution in [3.05, 3.63) is 47.3 Å². The second-order valence-electron chi connectivity index (χ2n) is 4.68. The lowest BCUT2D eigenvalue weighted by atomic mass is 10.1. The normalized spacial score (nSPS) is 13.9. The van der Waals surface area contributed by atoms with E-state index in [1.807, 2.05) is 25.1 Å². The molecule has 5 heteroatoms. The molecule has 1 aliphatic heterocycles. The number of ether oxygens (including phenoxy) is 1. The first-order valence-corrected chi connectivity index (χ1v) is 6.73. The van der Waals surface area contributed by atoms with Gasteiger partial charge in [0.1, 0.15) is 11.5 Å². The summed E-state index contributed by atoms with van der Waals surface area (Å²) in [5.74, 6) is 1.50. The fraction of sp³-hybridized carbons (Fsp3) is 0.333. The average Bonchev–Trinajstić information content (AvgIpc) is 2.95. The quantitative estimate of drug-likeness (QED) is 0.860. The highest BCUT2D eigenvalue weighted by Gasteiger charge is 2.25. The topological polar surface area (TPSA) is 55.6 Å². The Morgan fingerprint density at radius 3 is 3.15 bits per heavy atom. The van der Waals surface area contributed by atoms with Crippen molar-refractivity contribution in [3.63, 3.8) is 0 Å². The number of aromatic nitrogens is 1. The molecule has 0 radical (unpaired) electrons. The Morgan fingerprint density at radius 2 is 2.30 bits per heavy atom. The maximum atomic E-state index is 12.6. The fourth-order valence-corrected chi connectivity index (χ4v) is 2.41. The third-order valence-corrected chi connectivity index (χ3v) is 3.40. The van der Waals surface area contributed by atoms with Crippen molar-refractivity contribution < 1.29 is 14.1 Å². The van der Waals surface area contributed by atoms with Crippen molar-refractivity contribution in [2.24, 2.45) is 0 Å². The first-order valence-electron chi connectivity index (χ1n) is 6.73. The van der Waals surface area contributed by atoms with Crippen molar-refractivity contribution in [2.75, 3.05) is 13.2 Å². The lowest BCUT2D eigenvalue weighted by Crippen LogP contribution is -2.35. The number of nitrogens with zero attached hydrogens (tertiary/aromatic N) is 2. The van der Waals surface area contributed by atoms with E-state index in [-0.39, 0.29) is 5.91 Å². The van der Waals surface area contributed by atoms with Gasteiger partial charge in [0.25, 0.3) is 5.91 Å². The molecule has 104 valence electrons. The Balaban J connectivity index is 1.83. The highest BCUT2D eigenvalue weighted by molar-refractivity contribution is 5.97. The molecular formula is C15H16N2O3. The third kappa shape index (κ3) is 2.27. The molecule has 2 heterocycles. The largest absolute Gasteiger partial charge is 0.493 e. The number of rotatable bonds is 3. The van der Waals surface area contributed by atoms with E-state index in [9.17, 15) is 4.79 Å². The zero-order chi connectivity index (χ0) is 13.9. The minimum absolute atomic E-state index is 0.0131. The van der Waals surface area contributed by atoms with Crippen LogP contribution in [0.5, 0.6) is 5.75 Å². The Labute approximate surface area is 117 Å². The maximum absolute atomic E-state index is 12.6. The fourth-order valence-electron chi connectivity index (χ4n) is 2.41. The summed E-state index contributed by atoms with van der Waals surface area (Å²) in [5, 5.41) is 3.78. The lowest BCUT2D eigenvalue weighted by molar-refractivity contribution is 0.0724. The van der Waals surface area contributed by atoms with E-state index in [1.165, 1.54) is 0 Å². The Kier molecular flexibility index (Phi) is 3.41. The van der Waals surface area contributed by atoms with Crippen molar-refractivity contribution in [2.45, 2.75) is 19.9 Å². The molecule has 0 saturated carbocycles. The van der Waals surface area contributed by atoms with Gasteiger partial charge < -0.3 is 14.2 Å². The molecule has 0 atom stereocenters. The minimum atomic E-state index is -0.0131. The first kappa shape index (κ1) is 12.7. The van der Waals surface area contributed by atoms with Gasteiger partial charge in [-0.05, 0) is 19.1 Å². The summed E-state index contributed by atoms with van der Waals surface area (Å²) in [6.07, 6.45) is 2.39. The van der Waals surface area contributed by atoms with Crippen molar-refractivity contribution in [1.82, 2.24) is 10.1 Å². The predicted molar refractivity (Wildman–Crippen MR) is 72.6 cm³/mol. The number of para-hydroxylation sites is 1. The Morgan fingerprint density at radius 1 is 1.45 bits per heavy atom. The summed E-state index contributed by atoms with van der Waals surface area (Å²) in [6.45, 7) is 3.63. The highest BCUT2D eigenvalue weighted by atomic mass is 16.5. The van der Waals surface area contributed by atoms with Crippen LogP contribution in [0.25, 0.3) is 0 Å². The SMILES string of the molecule is CCOc1ccccc1C(=O)N1CCc2oncc2C1. The summed E-state index contributed by atoms with van der Waals surface area (Å²) in [5.41, 5.74) is 1.59. The molecule has 0 spiro atoms. The summed E-state index contributed by atoms with van der Waals surface area (Å²) >= 11 is 0. The number of hydrogen-bond donors (Lipinski definition) is 0. The van der Waals surface area contributed by atoms with Gasteiger partial charge in [-0.25, -0.2) is 0 Å². The molecule has 1 aliphatic rings. The van der Waals surface area contributed by atoms with Gasteiger partial charge >= 0.3 is 0 Å². The number of carbonyl (C=O) groups is 1. The molecule has 1 aromatic carbocycles. The molecule has 1 amide bonds. The van der Waals surface area contributed by atoms with Crippen LogP contribution in [0.1, 0.15) is 28.6 Å². The highest BCUT2D eigenvalue weighted by Crippen LogP contribution is 2.24. The predicted octanol–water partition coefficient (Wildman–Crippen LogP) is 2.27. The molecule has 3 rings (SSSR count). The van der Waals surface area contributed by atoms with E-state index in [0.29, 0.717) is 37.4 Å². The number of fused-ring (bicyclic) bond motifs is 1. The molecule has 0 fully saturated rings. The molecule has 0 N–H and O–H groups in total. The maximum Gasteiger partial charge on any atom is 0.257 e. The summed E-state index contributed by atoms with van der Waals surface area (Å²) in [6, 6.07) is 7.35. The van der Waals surface area contributed by atoms with Crippen LogP contribution in [-0.4, -0.2) is 29.1 Å². The van der Waals surface area contributed by atoms with Crippen molar-refractivity contribution >= 4 is 5.91 Å². The zero-order valence-corrected chi connectivity index (χ0v) is 11.3. The summed E-state index contributed by atoms with van der Waals surface area (Å²) in [4.78, 5) is 14.4. The van der Waals surface area contributed by atoms with Gasteiger partial charge in [-0.15, -0.1) is 0 Å². The van der Waals surface area contributed by atoms with Gasteiger partial charge in [0.15, 0.2) is 0 Å². The van der Waals surface area contributed by atoms with Crippen LogP contribution < -0.4 is 4.74 Å². The van der Waals surface area contributed by atoms with E-state index in [4.69, 9.17) is 9.26 Å². The van der Waals surface area contributed by atoms with Gasteiger partial charge in [0, 0.05) is 18.5 Å². The Bertz CT molecular complexity index is 621. The van der Waals surface area contributed by atoms with E-state index in [2.05, 4.69) is 5.16 Å². The Hall–Kier alpha value is -2.30. The molecule has 1 aromatic heterocycles. The molecule has 0 aliphatic carbocycles. The number of hydrogen-bond acceptors (Lipinski definition) is 4. The molecule has 0 unspecified atom stereocenters. The monoisotopic (exact) mass is 272 g/mol. The van der Waals surface area contributed by atoms with Crippen LogP contribution in [0.3, 0.4) is 0 Å². The lowest BCUT2D eigenvalue weighted by Gasteiger charge is -2.26. The number of amides is 1. The second-order valence-corrected chi connectivity index (χ2v) is 4.68. The number of benzene rings is 1. The van der Waals surface area contributed by atoms with Gasteiger partial charge in [0.05, 0.1) is 24.9 Å². The standard InChI is InChI=1S/C15H16N2O3/c1-2-19-14-6-4-3-5-12(14)15(18)17-8-7-13-11(10-17)9-16-20-13/h3-6,9H,2,7-8,10H2,1H3. The molecule has 2 aromatic rings. The van der Waals surface area contributed by atoms with Crippen molar-refractivity contribution in [1.29, 1.82) is 0 Å².